The average Bonchev–Trinajstić information content (AvgIpc) is 2.68. The molecule has 0 bridgehead atoms. The van der Waals surface area contributed by atoms with Gasteiger partial charge >= 0.3 is 7.52 Å². The molecule has 0 saturated carbocycles. The molecule has 7 nitrogen and oxygen atoms in total. The van der Waals surface area contributed by atoms with Crippen LogP contribution in [0.3, 0.4) is 0 Å². The third kappa shape index (κ3) is 4.67. The van der Waals surface area contributed by atoms with Crippen LogP contribution in [0.5, 0.6) is 5.75 Å². The van der Waals surface area contributed by atoms with Gasteiger partial charge in [0, 0.05) is 50.7 Å². The Labute approximate surface area is 159 Å². The zero-order valence-corrected chi connectivity index (χ0v) is 16.5. The Kier molecular flexibility index (Phi) is 5.82. The molecule has 0 unspecified atom stereocenters. The molecule has 1 saturated heterocycles. The lowest BCUT2D eigenvalue weighted by Crippen LogP contribution is -2.45. The molecule has 0 aliphatic carbocycles. The molecular weight excluding hydrogens is 365 g/mol. The summed E-state index contributed by atoms with van der Waals surface area (Å²) < 4.78 is 20.8. The van der Waals surface area contributed by atoms with E-state index in [0.29, 0.717) is 31.9 Å². The first-order valence-corrected chi connectivity index (χ1v) is 11.0. The number of aryl methyl sites for hydroxylation is 1. The number of benzene rings is 2. The standard InChI is InChI=1S/C19H24N3O4P/c1-3-16-4-10-19(11-5-16)26-27(2,25)21-14-12-20(13-15-21)17-6-8-18(9-7-17)22(23)24/h4-11H,3,12-15H2,1-2H3/t27-/m1/s1. The molecule has 1 atom stereocenters. The molecule has 1 aliphatic heterocycles. The second-order valence-corrected chi connectivity index (χ2v) is 8.96. The Hall–Kier alpha value is -2.37. The van der Waals surface area contributed by atoms with E-state index in [1.165, 1.54) is 17.7 Å². The van der Waals surface area contributed by atoms with Crippen LogP contribution in [0.2, 0.25) is 0 Å². The van der Waals surface area contributed by atoms with Crippen LogP contribution in [0.1, 0.15) is 12.5 Å². The zero-order valence-electron chi connectivity index (χ0n) is 15.6. The lowest BCUT2D eigenvalue weighted by molar-refractivity contribution is -0.384. The Bertz CT molecular complexity index is 831. The van der Waals surface area contributed by atoms with Crippen molar-refractivity contribution in [3.8, 4) is 5.75 Å². The summed E-state index contributed by atoms with van der Waals surface area (Å²) in [6.45, 7) is 6.34. The average molecular weight is 389 g/mol. The first-order valence-electron chi connectivity index (χ1n) is 9.00. The van der Waals surface area contributed by atoms with Crippen LogP contribution in [-0.4, -0.2) is 42.4 Å². The second-order valence-electron chi connectivity index (χ2n) is 6.61. The lowest BCUT2D eigenvalue weighted by Gasteiger charge is -2.38. The van der Waals surface area contributed by atoms with E-state index in [4.69, 9.17) is 4.52 Å². The summed E-state index contributed by atoms with van der Waals surface area (Å²) in [6, 6.07) is 14.2. The normalized spacial score (nSPS) is 17.3. The number of nitro groups is 1. The molecule has 144 valence electrons. The number of hydrogen-bond donors (Lipinski definition) is 0. The van der Waals surface area contributed by atoms with Crippen molar-refractivity contribution in [3.63, 3.8) is 0 Å². The smallest absolute Gasteiger partial charge is 0.316 e. The molecule has 1 fully saturated rings. The van der Waals surface area contributed by atoms with E-state index < -0.39 is 12.4 Å². The molecule has 27 heavy (non-hydrogen) atoms. The van der Waals surface area contributed by atoms with Gasteiger partial charge in [-0.2, -0.15) is 0 Å². The Balaban J connectivity index is 1.59. The second kappa shape index (κ2) is 8.11. The van der Waals surface area contributed by atoms with Crippen LogP contribution in [0.25, 0.3) is 0 Å². The summed E-state index contributed by atoms with van der Waals surface area (Å²) in [5, 5.41) is 10.8. The van der Waals surface area contributed by atoms with E-state index in [9.17, 15) is 14.7 Å². The summed E-state index contributed by atoms with van der Waals surface area (Å²) in [5.74, 6) is 0.621. The van der Waals surface area contributed by atoms with Gasteiger partial charge < -0.3 is 9.42 Å². The number of hydrogen-bond acceptors (Lipinski definition) is 5. The molecule has 1 aliphatic rings. The largest absolute Gasteiger partial charge is 0.433 e. The highest BCUT2D eigenvalue weighted by Crippen LogP contribution is 2.47. The van der Waals surface area contributed by atoms with Crippen molar-refractivity contribution in [3.05, 3.63) is 64.2 Å². The fraction of sp³-hybridized carbons (Fsp3) is 0.368. The summed E-state index contributed by atoms with van der Waals surface area (Å²) in [6.07, 6.45) is 0.953. The first kappa shape index (κ1) is 19.4. The Morgan fingerprint density at radius 1 is 1.04 bits per heavy atom. The quantitative estimate of drug-likeness (QED) is 0.419. The van der Waals surface area contributed by atoms with E-state index >= 15 is 0 Å². The van der Waals surface area contributed by atoms with Crippen LogP contribution in [0.15, 0.2) is 48.5 Å². The summed E-state index contributed by atoms with van der Waals surface area (Å²) in [7, 11) is -2.94. The Morgan fingerprint density at radius 3 is 2.15 bits per heavy atom. The minimum absolute atomic E-state index is 0.0814. The maximum atomic E-state index is 13.1. The van der Waals surface area contributed by atoms with Crippen molar-refractivity contribution < 1.29 is 14.0 Å². The van der Waals surface area contributed by atoms with Crippen LogP contribution >= 0.6 is 7.52 Å². The monoisotopic (exact) mass is 389 g/mol. The first-order chi connectivity index (χ1) is 12.9. The van der Waals surface area contributed by atoms with Gasteiger partial charge in [0.25, 0.3) is 5.69 Å². The van der Waals surface area contributed by atoms with Gasteiger partial charge in [-0.25, -0.2) is 4.67 Å². The van der Waals surface area contributed by atoms with Crippen molar-refractivity contribution in [1.82, 2.24) is 4.67 Å². The van der Waals surface area contributed by atoms with Gasteiger partial charge in [0.05, 0.1) is 4.92 Å². The minimum atomic E-state index is -2.94. The number of anilines is 1. The molecule has 3 rings (SSSR count). The number of piperazine rings is 1. The molecule has 0 N–H and O–H groups in total. The predicted octanol–water partition coefficient (Wildman–Crippen LogP) is 4.18. The molecule has 0 aromatic heterocycles. The highest BCUT2D eigenvalue weighted by atomic mass is 31.2. The number of nitro benzene ring substituents is 1. The van der Waals surface area contributed by atoms with Crippen molar-refractivity contribution in [2.45, 2.75) is 13.3 Å². The molecule has 0 spiro atoms. The van der Waals surface area contributed by atoms with E-state index in [0.717, 1.165) is 12.1 Å². The molecule has 0 amide bonds. The summed E-state index contributed by atoms with van der Waals surface area (Å²) >= 11 is 0. The van der Waals surface area contributed by atoms with Gasteiger partial charge in [-0.05, 0) is 36.2 Å². The third-order valence-corrected chi connectivity index (χ3v) is 6.78. The topological polar surface area (TPSA) is 75.9 Å². The van der Waals surface area contributed by atoms with Crippen molar-refractivity contribution in [2.75, 3.05) is 37.7 Å². The summed E-state index contributed by atoms with van der Waals surface area (Å²) in [4.78, 5) is 12.5. The third-order valence-electron chi connectivity index (χ3n) is 4.80. The van der Waals surface area contributed by atoms with Crippen LogP contribution < -0.4 is 9.42 Å². The van der Waals surface area contributed by atoms with E-state index in [2.05, 4.69) is 11.8 Å². The molecule has 8 heteroatoms. The lowest BCUT2D eigenvalue weighted by atomic mass is 10.2. The van der Waals surface area contributed by atoms with E-state index in [1.54, 1.807) is 18.8 Å². The zero-order chi connectivity index (χ0) is 19.4. The number of rotatable bonds is 6. The van der Waals surface area contributed by atoms with Gasteiger partial charge in [-0.15, -0.1) is 0 Å². The van der Waals surface area contributed by atoms with Crippen LogP contribution in [0.4, 0.5) is 11.4 Å². The maximum absolute atomic E-state index is 13.1. The van der Waals surface area contributed by atoms with Gasteiger partial charge in [0.2, 0.25) is 0 Å². The van der Waals surface area contributed by atoms with E-state index in [1.807, 2.05) is 28.9 Å². The van der Waals surface area contributed by atoms with Crippen molar-refractivity contribution in [1.29, 1.82) is 0 Å². The highest BCUT2D eigenvalue weighted by Gasteiger charge is 2.31. The number of non-ortho nitro benzene ring substituents is 1. The van der Waals surface area contributed by atoms with Gasteiger partial charge in [0.15, 0.2) is 0 Å². The molecule has 0 radical (unpaired) electrons. The number of nitrogens with zero attached hydrogens (tertiary/aromatic N) is 3. The van der Waals surface area contributed by atoms with Crippen LogP contribution in [-0.2, 0) is 11.0 Å². The fourth-order valence-electron chi connectivity index (χ4n) is 3.14. The van der Waals surface area contributed by atoms with Crippen molar-refractivity contribution >= 4 is 18.9 Å². The van der Waals surface area contributed by atoms with E-state index in [-0.39, 0.29) is 5.69 Å². The van der Waals surface area contributed by atoms with Crippen LogP contribution in [0, 0.1) is 10.1 Å². The van der Waals surface area contributed by atoms with Crippen molar-refractivity contribution in [2.24, 2.45) is 0 Å². The maximum Gasteiger partial charge on any atom is 0.316 e. The SMILES string of the molecule is CCc1ccc(O[P@@](C)(=O)N2CCN(c3ccc([N+](=O)[O-])cc3)CC2)cc1. The van der Waals surface area contributed by atoms with Gasteiger partial charge in [0.1, 0.15) is 5.75 Å². The Morgan fingerprint density at radius 2 is 1.63 bits per heavy atom. The fourth-order valence-corrected chi connectivity index (χ4v) is 4.68. The van der Waals surface area contributed by atoms with Gasteiger partial charge in [-0.3, -0.25) is 14.7 Å². The molecule has 2 aromatic carbocycles. The minimum Gasteiger partial charge on any atom is -0.433 e. The highest BCUT2D eigenvalue weighted by molar-refractivity contribution is 7.56. The molecule has 1 heterocycles. The van der Waals surface area contributed by atoms with Gasteiger partial charge in [-0.1, -0.05) is 19.1 Å². The molecular formula is C19H24N3O4P. The summed E-state index contributed by atoms with van der Waals surface area (Å²) in [5.41, 5.74) is 2.23. The molecule has 2 aromatic rings. The predicted molar refractivity (Wildman–Crippen MR) is 107 cm³/mol.